The number of nitrogens with zero attached hydrogens (tertiary/aromatic N) is 3. The molecule has 0 unspecified atom stereocenters. The van der Waals surface area contributed by atoms with Gasteiger partial charge in [0.05, 0.1) is 41.8 Å². The van der Waals surface area contributed by atoms with Crippen LogP contribution in [0.3, 0.4) is 0 Å². The molecule has 1 amide bonds. The smallest absolute Gasteiger partial charge is 0.263 e. The van der Waals surface area contributed by atoms with Crippen LogP contribution in [0.5, 0.6) is 0 Å². The monoisotopic (exact) mass is 500 g/mol. The van der Waals surface area contributed by atoms with Gasteiger partial charge in [-0.05, 0) is 43.4 Å². The van der Waals surface area contributed by atoms with Crippen molar-refractivity contribution in [2.24, 2.45) is 0 Å². The number of thioether (sulfide) groups is 2. The molecular weight excluding hydrogens is 476 g/mol. The third-order valence-corrected chi connectivity index (χ3v) is 8.45. The number of thiophene rings is 1. The van der Waals surface area contributed by atoms with E-state index in [2.05, 4.69) is 11.4 Å². The second-order valence-corrected chi connectivity index (χ2v) is 10.6. The molecule has 0 saturated heterocycles. The number of carbonyl (C=O) groups is 1. The number of aromatic nitrogens is 2. The highest BCUT2D eigenvalue weighted by Gasteiger charge is 2.22. The maximum absolute atomic E-state index is 13.4. The Kier molecular flexibility index (Phi) is 8.09. The molecule has 0 saturated carbocycles. The average Bonchev–Trinajstić information content (AvgIpc) is 3.20. The molecule has 1 aliphatic carbocycles. The summed E-state index contributed by atoms with van der Waals surface area (Å²) in [6.07, 6.45) is 4.17. The van der Waals surface area contributed by atoms with Crippen LogP contribution in [0, 0.1) is 11.3 Å². The molecule has 0 atom stereocenters. The van der Waals surface area contributed by atoms with Gasteiger partial charge in [0.1, 0.15) is 4.83 Å². The molecule has 0 fully saturated rings. The van der Waals surface area contributed by atoms with Gasteiger partial charge in [-0.1, -0.05) is 23.9 Å². The number of benzene rings is 1. The van der Waals surface area contributed by atoms with E-state index in [-0.39, 0.29) is 17.2 Å². The number of aryl methyl sites for hydroxylation is 2. The highest BCUT2D eigenvalue weighted by Crippen LogP contribution is 2.35. The van der Waals surface area contributed by atoms with Crippen LogP contribution in [0.1, 0.15) is 23.3 Å². The van der Waals surface area contributed by atoms with E-state index < -0.39 is 0 Å². The van der Waals surface area contributed by atoms with E-state index in [9.17, 15) is 9.59 Å². The molecule has 1 N–H and O–H groups in total. The largest absolute Gasteiger partial charge is 0.383 e. The normalized spacial score (nSPS) is 13.0. The van der Waals surface area contributed by atoms with Gasteiger partial charge in [-0.3, -0.25) is 14.2 Å². The lowest BCUT2D eigenvalue weighted by atomic mass is 9.97. The summed E-state index contributed by atoms with van der Waals surface area (Å²) in [5.41, 5.74) is 1.79. The Morgan fingerprint density at radius 3 is 2.94 bits per heavy atom. The summed E-state index contributed by atoms with van der Waals surface area (Å²) in [7, 11) is 1.60. The van der Waals surface area contributed by atoms with Gasteiger partial charge < -0.3 is 10.1 Å². The first kappa shape index (κ1) is 23.8. The van der Waals surface area contributed by atoms with Gasteiger partial charge in [-0.25, -0.2) is 4.98 Å². The van der Waals surface area contributed by atoms with Crippen LogP contribution in [-0.2, 0) is 28.9 Å². The summed E-state index contributed by atoms with van der Waals surface area (Å²) in [6, 6.07) is 9.51. The molecule has 4 rings (SSSR count). The fraction of sp³-hybridized carbons (Fsp3) is 0.391. The van der Waals surface area contributed by atoms with Crippen molar-refractivity contribution in [1.29, 1.82) is 5.26 Å². The minimum Gasteiger partial charge on any atom is -0.383 e. The first-order valence-electron chi connectivity index (χ1n) is 10.7. The maximum atomic E-state index is 13.4. The zero-order chi connectivity index (χ0) is 23.2. The van der Waals surface area contributed by atoms with Crippen LogP contribution in [0.4, 0.5) is 5.69 Å². The lowest BCUT2D eigenvalue weighted by Gasteiger charge is -2.13. The van der Waals surface area contributed by atoms with Crippen molar-refractivity contribution < 1.29 is 9.53 Å². The second kappa shape index (κ2) is 11.2. The van der Waals surface area contributed by atoms with Crippen LogP contribution in [0.2, 0.25) is 0 Å². The average molecular weight is 501 g/mol. The molecule has 7 nitrogen and oxygen atoms in total. The number of amides is 1. The summed E-state index contributed by atoms with van der Waals surface area (Å²) in [6.45, 7) is 0.781. The Hall–Kier alpha value is -2.32. The van der Waals surface area contributed by atoms with E-state index >= 15 is 0 Å². The molecule has 2 aromatic heterocycles. The molecule has 172 valence electrons. The standard InChI is InChI=1S/C23H24N4O3S3/c1-30-12-11-27-22(29)20-15-6-2-4-8-17(15)33-21(20)26-23(27)32-14-19(28)25-16-7-3-5-9-18(16)31-13-10-24/h3,5,7,9H,2,4,6,8,11-14H2,1H3,(H,25,28). The van der Waals surface area contributed by atoms with E-state index in [0.717, 1.165) is 46.4 Å². The Labute approximate surface area is 204 Å². The predicted octanol–water partition coefficient (Wildman–Crippen LogP) is 4.33. The molecule has 0 spiro atoms. The summed E-state index contributed by atoms with van der Waals surface area (Å²) in [5, 5.41) is 13.0. The Morgan fingerprint density at radius 2 is 2.12 bits per heavy atom. The molecule has 1 aromatic carbocycles. The van der Waals surface area contributed by atoms with Gasteiger partial charge in [0.25, 0.3) is 5.56 Å². The summed E-state index contributed by atoms with van der Waals surface area (Å²) in [4.78, 5) is 33.8. The van der Waals surface area contributed by atoms with Crippen LogP contribution < -0.4 is 10.9 Å². The van der Waals surface area contributed by atoms with Crippen LogP contribution in [0.25, 0.3) is 10.2 Å². The van der Waals surface area contributed by atoms with Gasteiger partial charge in [0.15, 0.2) is 5.16 Å². The van der Waals surface area contributed by atoms with Gasteiger partial charge in [-0.15, -0.1) is 23.1 Å². The summed E-state index contributed by atoms with van der Waals surface area (Å²) < 4.78 is 6.85. The molecular formula is C23H24N4O3S3. The Balaban J connectivity index is 1.56. The maximum Gasteiger partial charge on any atom is 0.263 e. The van der Waals surface area contributed by atoms with Gasteiger partial charge in [0.2, 0.25) is 5.91 Å². The van der Waals surface area contributed by atoms with Crippen LogP contribution >= 0.6 is 34.9 Å². The first-order chi connectivity index (χ1) is 16.1. The molecule has 0 aliphatic heterocycles. The highest BCUT2D eigenvalue weighted by molar-refractivity contribution is 8.00. The SMILES string of the molecule is COCCn1c(SCC(=O)Nc2ccccc2SCC#N)nc2sc3c(c2c1=O)CCCC3. The molecule has 3 aromatic rings. The zero-order valence-electron chi connectivity index (χ0n) is 18.3. The molecule has 10 heteroatoms. The predicted molar refractivity (Wildman–Crippen MR) is 135 cm³/mol. The topological polar surface area (TPSA) is 97.0 Å². The van der Waals surface area contributed by atoms with Crippen molar-refractivity contribution in [1.82, 2.24) is 9.55 Å². The van der Waals surface area contributed by atoms with Gasteiger partial charge >= 0.3 is 0 Å². The van der Waals surface area contributed by atoms with Crippen LogP contribution in [-0.4, -0.2) is 40.7 Å². The minimum absolute atomic E-state index is 0.0439. The third kappa shape index (κ3) is 5.44. The van der Waals surface area contributed by atoms with E-state index in [1.54, 1.807) is 23.0 Å². The molecule has 2 heterocycles. The quantitative estimate of drug-likeness (QED) is 0.345. The number of methoxy groups -OCH3 is 1. The molecule has 0 bridgehead atoms. The lowest BCUT2D eigenvalue weighted by Crippen LogP contribution is -2.26. The third-order valence-electron chi connectivity index (χ3n) is 5.34. The van der Waals surface area contributed by atoms with Crippen molar-refractivity contribution in [2.75, 3.05) is 30.5 Å². The lowest BCUT2D eigenvalue weighted by molar-refractivity contribution is -0.113. The van der Waals surface area contributed by atoms with E-state index in [0.29, 0.717) is 29.7 Å². The molecule has 1 aliphatic rings. The molecule has 33 heavy (non-hydrogen) atoms. The van der Waals surface area contributed by atoms with Crippen molar-refractivity contribution >= 4 is 56.7 Å². The van der Waals surface area contributed by atoms with E-state index in [4.69, 9.17) is 15.0 Å². The number of ether oxygens (including phenoxy) is 1. The van der Waals surface area contributed by atoms with Crippen molar-refractivity contribution in [2.45, 2.75) is 42.3 Å². The number of nitriles is 1. The Bertz CT molecular complexity index is 1260. The fourth-order valence-corrected chi connectivity index (χ4v) is 6.63. The molecule has 0 radical (unpaired) electrons. The summed E-state index contributed by atoms with van der Waals surface area (Å²) >= 11 is 4.24. The fourth-order valence-electron chi connectivity index (χ4n) is 3.83. The highest BCUT2D eigenvalue weighted by atomic mass is 32.2. The number of nitrogens with one attached hydrogen (secondary N) is 1. The van der Waals surface area contributed by atoms with Crippen LogP contribution in [0.15, 0.2) is 39.1 Å². The van der Waals surface area contributed by atoms with Gasteiger partial charge in [-0.2, -0.15) is 5.26 Å². The number of anilines is 1. The number of rotatable bonds is 9. The minimum atomic E-state index is -0.192. The van der Waals surface area contributed by atoms with Crippen molar-refractivity contribution in [3.63, 3.8) is 0 Å². The van der Waals surface area contributed by atoms with Crippen molar-refractivity contribution in [3.8, 4) is 6.07 Å². The van der Waals surface area contributed by atoms with Gasteiger partial charge in [0, 0.05) is 16.9 Å². The first-order valence-corrected chi connectivity index (χ1v) is 13.5. The number of hydrogen-bond acceptors (Lipinski definition) is 8. The Morgan fingerprint density at radius 1 is 1.30 bits per heavy atom. The zero-order valence-corrected chi connectivity index (χ0v) is 20.7. The summed E-state index contributed by atoms with van der Waals surface area (Å²) in [5.74, 6) is 0.234. The second-order valence-electron chi connectivity index (χ2n) is 7.51. The van der Waals surface area contributed by atoms with Crippen molar-refractivity contribution in [3.05, 3.63) is 45.1 Å². The van der Waals surface area contributed by atoms with E-state index in [1.165, 1.54) is 28.4 Å². The number of hydrogen-bond donors (Lipinski definition) is 1. The number of fused-ring (bicyclic) bond motifs is 3. The number of carbonyl (C=O) groups excluding carboxylic acids is 1. The van der Waals surface area contributed by atoms with E-state index in [1.807, 2.05) is 24.3 Å². The number of para-hydroxylation sites is 1.